The third-order valence-corrected chi connectivity index (χ3v) is 7.78. The number of nitrogens with one attached hydrogen (secondary N) is 1. The monoisotopic (exact) mass is 440 g/mol. The van der Waals surface area contributed by atoms with E-state index in [0.29, 0.717) is 24.7 Å². The molecular formula is C23H28N4O3S. The van der Waals surface area contributed by atoms with Crippen molar-refractivity contribution < 1.29 is 13.2 Å². The number of sulfonamides is 1. The van der Waals surface area contributed by atoms with E-state index in [1.807, 2.05) is 35.8 Å². The van der Waals surface area contributed by atoms with E-state index in [0.717, 1.165) is 36.1 Å². The molecule has 1 N–H and O–H groups in total. The van der Waals surface area contributed by atoms with Crippen LogP contribution in [0.1, 0.15) is 32.5 Å². The second-order valence-electron chi connectivity index (χ2n) is 8.12. The fourth-order valence-electron chi connectivity index (χ4n) is 4.00. The van der Waals surface area contributed by atoms with Crippen LogP contribution in [0.25, 0.3) is 11.0 Å². The summed E-state index contributed by atoms with van der Waals surface area (Å²) in [7, 11) is -3.50. The highest BCUT2D eigenvalue weighted by Gasteiger charge is 2.28. The van der Waals surface area contributed by atoms with E-state index in [1.165, 1.54) is 0 Å². The Morgan fingerprint density at radius 2 is 1.77 bits per heavy atom. The number of aryl methyl sites for hydroxylation is 1. The molecule has 0 aliphatic carbocycles. The molecule has 1 aromatic heterocycles. The van der Waals surface area contributed by atoms with Gasteiger partial charge in [0, 0.05) is 25.2 Å². The molecule has 2 aromatic carbocycles. The number of carbonyl (C=O) groups excluding carboxylic acids is 1. The second-order valence-corrected chi connectivity index (χ2v) is 10.1. The zero-order valence-corrected chi connectivity index (χ0v) is 18.7. The molecule has 1 amide bonds. The summed E-state index contributed by atoms with van der Waals surface area (Å²) in [6.07, 6.45) is 2.50. The molecule has 0 saturated carbocycles. The largest absolute Gasteiger partial charge is 0.325 e. The minimum absolute atomic E-state index is 0.149. The van der Waals surface area contributed by atoms with Gasteiger partial charge in [-0.1, -0.05) is 26.0 Å². The molecule has 0 atom stereocenters. The summed E-state index contributed by atoms with van der Waals surface area (Å²) in [6, 6.07) is 14.2. The van der Waals surface area contributed by atoms with E-state index >= 15 is 0 Å². The Morgan fingerprint density at radius 3 is 2.45 bits per heavy atom. The molecule has 0 unspecified atom stereocenters. The normalized spacial score (nSPS) is 15.9. The molecule has 1 aliphatic heterocycles. The number of para-hydroxylation sites is 2. The lowest BCUT2D eigenvalue weighted by Crippen LogP contribution is -2.37. The average Bonchev–Trinajstić information content (AvgIpc) is 3.12. The SMILES string of the molecule is CCc1nc2ccccc2n1CC(=O)Nc1ccc(S(=O)(=O)N2CCC(C)CC2)cc1. The van der Waals surface area contributed by atoms with Crippen molar-refractivity contribution in [2.45, 2.75) is 44.6 Å². The van der Waals surface area contributed by atoms with Crippen molar-refractivity contribution in [3.63, 3.8) is 0 Å². The molecule has 31 heavy (non-hydrogen) atoms. The average molecular weight is 441 g/mol. The third kappa shape index (κ3) is 4.50. The number of amides is 1. The predicted octanol–water partition coefficient (Wildman–Crippen LogP) is 3.66. The third-order valence-electron chi connectivity index (χ3n) is 5.87. The molecule has 164 valence electrons. The molecule has 1 saturated heterocycles. The summed E-state index contributed by atoms with van der Waals surface area (Å²) in [4.78, 5) is 17.5. The first-order valence-corrected chi connectivity index (χ1v) is 12.2. The van der Waals surface area contributed by atoms with Crippen LogP contribution >= 0.6 is 0 Å². The van der Waals surface area contributed by atoms with Crippen LogP contribution < -0.4 is 5.32 Å². The number of hydrogen-bond acceptors (Lipinski definition) is 4. The van der Waals surface area contributed by atoms with Gasteiger partial charge in [0.15, 0.2) is 0 Å². The van der Waals surface area contributed by atoms with Gasteiger partial charge in [0.1, 0.15) is 12.4 Å². The van der Waals surface area contributed by atoms with E-state index in [9.17, 15) is 13.2 Å². The topological polar surface area (TPSA) is 84.3 Å². The molecular weight excluding hydrogens is 412 g/mol. The lowest BCUT2D eigenvalue weighted by molar-refractivity contribution is -0.116. The number of hydrogen-bond donors (Lipinski definition) is 1. The van der Waals surface area contributed by atoms with Crippen LogP contribution in [0.4, 0.5) is 5.69 Å². The Kier molecular flexibility index (Phi) is 6.11. The second kappa shape index (κ2) is 8.80. The summed E-state index contributed by atoms with van der Waals surface area (Å²) < 4.78 is 29.2. The van der Waals surface area contributed by atoms with Crippen molar-refractivity contribution in [1.82, 2.24) is 13.9 Å². The van der Waals surface area contributed by atoms with E-state index in [4.69, 9.17) is 0 Å². The first-order valence-electron chi connectivity index (χ1n) is 10.7. The van der Waals surface area contributed by atoms with E-state index < -0.39 is 10.0 Å². The van der Waals surface area contributed by atoms with Gasteiger partial charge in [-0.3, -0.25) is 4.79 Å². The Morgan fingerprint density at radius 1 is 1.10 bits per heavy atom. The molecule has 0 bridgehead atoms. The highest BCUT2D eigenvalue weighted by atomic mass is 32.2. The summed E-state index contributed by atoms with van der Waals surface area (Å²) in [6.45, 7) is 5.42. The summed E-state index contributed by atoms with van der Waals surface area (Å²) in [5.74, 6) is 1.23. The first-order chi connectivity index (χ1) is 14.9. The van der Waals surface area contributed by atoms with Crippen molar-refractivity contribution >= 4 is 32.7 Å². The zero-order chi connectivity index (χ0) is 22.0. The van der Waals surface area contributed by atoms with Gasteiger partial charge < -0.3 is 9.88 Å². The van der Waals surface area contributed by atoms with E-state index in [-0.39, 0.29) is 17.3 Å². The van der Waals surface area contributed by atoms with Crippen LogP contribution in [0.3, 0.4) is 0 Å². The lowest BCUT2D eigenvalue weighted by Gasteiger charge is -2.29. The van der Waals surface area contributed by atoms with Crippen LogP contribution in [-0.4, -0.2) is 41.3 Å². The Hall–Kier alpha value is -2.71. The Balaban J connectivity index is 1.45. The maximum Gasteiger partial charge on any atom is 0.244 e. The van der Waals surface area contributed by atoms with Crippen LogP contribution in [0, 0.1) is 5.92 Å². The van der Waals surface area contributed by atoms with Gasteiger partial charge in [-0.05, 0) is 55.2 Å². The van der Waals surface area contributed by atoms with Crippen LogP contribution in [0.5, 0.6) is 0 Å². The number of anilines is 1. The molecule has 7 nitrogen and oxygen atoms in total. The van der Waals surface area contributed by atoms with Crippen LogP contribution in [0.15, 0.2) is 53.4 Å². The number of benzene rings is 2. The zero-order valence-electron chi connectivity index (χ0n) is 17.9. The molecule has 2 heterocycles. The Labute approximate surface area is 183 Å². The number of aromatic nitrogens is 2. The number of imidazole rings is 1. The fraction of sp³-hybridized carbons (Fsp3) is 0.391. The van der Waals surface area contributed by atoms with Gasteiger partial charge in [0.25, 0.3) is 0 Å². The predicted molar refractivity (Wildman–Crippen MR) is 121 cm³/mol. The molecule has 0 spiro atoms. The van der Waals surface area contributed by atoms with Crippen molar-refractivity contribution in [2.24, 2.45) is 5.92 Å². The fourth-order valence-corrected chi connectivity index (χ4v) is 5.47. The summed E-state index contributed by atoms with van der Waals surface area (Å²) >= 11 is 0. The van der Waals surface area contributed by atoms with Gasteiger partial charge in [-0.15, -0.1) is 0 Å². The molecule has 8 heteroatoms. The molecule has 4 rings (SSSR count). The Bertz CT molecular complexity index is 1180. The number of fused-ring (bicyclic) bond motifs is 1. The highest BCUT2D eigenvalue weighted by molar-refractivity contribution is 7.89. The first kappa shape index (κ1) is 21.5. The minimum atomic E-state index is -3.50. The van der Waals surface area contributed by atoms with Crippen molar-refractivity contribution in [3.05, 3.63) is 54.4 Å². The van der Waals surface area contributed by atoms with Gasteiger partial charge in [-0.2, -0.15) is 4.31 Å². The van der Waals surface area contributed by atoms with Crippen molar-refractivity contribution in [1.29, 1.82) is 0 Å². The van der Waals surface area contributed by atoms with Crippen molar-refractivity contribution in [3.8, 4) is 0 Å². The molecule has 1 fully saturated rings. The number of nitrogens with zero attached hydrogens (tertiary/aromatic N) is 3. The summed E-state index contributed by atoms with van der Waals surface area (Å²) in [5.41, 5.74) is 2.36. The van der Waals surface area contributed by atoms with Crippen LogP contribution in [-0.2, 0) is 27.8 Å². The number of rotatable bonds is 6. The van der Waals surface area contributed by atoms with Gasteiger partial charge in [-0.25, -0.2) is 13.4 Å². The maximum absolute atomic E-state index is 12.9. The molecule has 0 radical (unpaired) electrons. The summed E-state index contributed by atoms with van der Waals surface area (Å²) in [5, 5.41) is 2.86. The molecule has 1 aliphatic rings. The van der Waals surface area contributed by atoms with Gasteiger partial charge in [0.05, 0.1) is 15.9 Å². The highest BCUT2D eigenvalue weighted by Crippen LogP contribution is 2.24. The smallest absolute Gasteiger partial charge is 0.244 e. The maximum atomic E-state index is 12.9. The van der Waals surface area contributed by atoms with Crippen LogP contribution in [0.2, 0.25) is 0 Å². The lowest BCUT2D eigenvalue weighted by atomic mass is 10.0. The van der Waals surface area contributed by atoms with Gasteiger partial charge >= 0.3 is 0 Å². The minimum Gasteiger partial charge on any atom is -0.325 e. The van der Waals surface area contributed by atoms with Gasteiger partial charge in [0.2, 0.25) is 15.9 Å². The van der Waals surface area contributed by atoms with Crippen molar-refractivity contribution in [2.75, 3.05) is 18.4 Å². The number of carbonyl (C=O) groups is 1. The van der Waals surface area contributed by atoms with E-state index in [1.54, 1.807) is 28.6 Å². The number of piperidine rings is 1. The molecule has 3 aromatic rings. The standard InChI is InChI=1S/C23H28N4O3S/c1-3-22-25-20-6-4-5-7-21(20)27(22)16-23(28)24-18-8-10-19(11-9-18)31(29,30)26-14-12-17(2)13-15-26/h4-11,17H,3,12-16H2,1-2H3,(H,24,28). The van der Waals surface area contributed by atoms with E-state index in [2.05, 4.69) is 17.2 Å². The quantitative estimate of drug-likeness (QED) is 0.634.